The van der Waals surface area contributed by atoms with E-state index in [2.05, 4.69) is 25.3 Å². The average Bonchev–Trinajstić information content (AvgIpc) is 2.75. The molecule has 114 valence electrons. The molecule has 1 saturated carbocycles. The molecule has 0 saturated heterocycles. The molecule has 1 aliphatic carbocycles. The number of hydrogen-bond acceptors (Lipinski definition) is 1. The van der Waals surface area contributed by atoms with Gasteiger partial charge in [-0.3, -0.25) is 0 Å². The molecule has 1 unspecified atom stereocenters. The standard InChI is InChI=1S/C15H17FNP.C2H7N/c16-14-12(18)7-10-5-2-6-17-8-11(9-3-1-4-9)13(14)15(10)17;1-3-2/h7-9H,1-6,18H2;3H,1-2H3. The third-order valence-corrected chi connectivity index (χ3v) is 5.02. The van der Waals surface area contributed by atoms with E-state index < -0.39 is 0 Å². The van der Waals surface area contributed by atoms with Crippen LogP contribution in [0.1, 0.15) is 42.7 Å². The number of nitrogens with zero attached hydrogens (tertiary/aromatic N) is 1. The monoisotopic (exact) mass is 306 g/mol. The summed E-state index contributed by atoms with van der Waals surface area (Å²) in [4.78, 5) is 0. The molecule has 4 heteroatoms. The van der Waals surface area contributed by atoms with Gasteiger partial charge in [0.2, 0.25) is 0 Å². The van der Waals surface area contributed by atoms with Gasteiger partial charge in [0.1, 0.15) is 5.82 Å². The second kappa shape index (κ2) is 6.06. The fourth-order valence-corrected chi connectivity index (χ4v) is 3.80. The number of aryl methyl sites for hydroxylation is 2. The van der Waals surface area contributed by atoms with Crippen LogP contribution in [0, 0.1) is 5.82 Å². The van der Waals surface area contributed by atoms with Gasteiger partial charge in [0.05, 0.1) is 5.52 Å². The summed E-state index contributed by atoms with van der Waals surface area (Å²) in [5.74, 6) is 0.585. The zero-order valence-electron chi connectivity index (χ0n) is 12.9. The van der Waals surface area contributed by atoms with Crippen molar-refractivity contribution in [3.05, 3.63) is 29.2 Å². The smallest absolute Gasteiger partial charge is 0.140 e. The van der Waals surface area contributed by atoms with Crippen LogP contribution in [0.5, 0.6) is 0 Å². The molecule has 21 heavy (non-hydrogen) atoms. The van der Waals surface area contributed by atoms with E-state index in [-0.39, 0.29) is 5.82 Å². The van der Waals surface area contributed by atoms with E-state index in [0.717, 1.165) is 23.7 Å². The zero-order chi connectivity index (χ0) is 15.0. The summed E-state index contributed by atoms with van der Waals surface area (Å²) in [5, 5.41) is 4.40. The van der Waals surface area contributed by atoms with E-state index in [9.17, 15) is 4.39 Å². The molecule has 1 fully saturated rings. The lowest BCUT2D eigenvalue weighted by atomic mass is 9.80. The Bertz CT molecular complexity index is 659. The van der Waals surface area contributed by atoms with Gasteiger partial charge in [0.15, 0.2) is 0 Å². The van der Waals surface area contributed by atoms with Gasteiger partial charge in [0.25, 0.3) is 0 Å². The predicted octanol–water partition coefficient (Wildman–Crippen LogP) is 3.33. The summed E-state index contributed by atoms with van der Waals surface area (Å²) in [6, 6.07) is 2.02. The van der Waals surface area contributed by atoms with Crippen LogP contribution in [-0.2, 0) is 13.0 Å². The maximum atomic E-state index is 14.5. The normalized spacial score (nSPS) is 17.3. The van der Waals surface area contributed by atoms with E-state index in [1.165, 1.54) is 42.3 Å². The molecule has 0 radical (unpaired) electrons. The first-order valence-corrected chi connectivity index (χ1v) is 8.43. The van der Waals surface area contributed by atoms with Gasteiger partial charge < -0.3 is 9.88 Å². The maximum absolute atomic E-state index is 14.5. The minimum Gasteiger partial charge on any atom is -0.347 e. The van der Waals surface area contributed by atoms with E-state index in [1.807, 2.05) is 20.2 Å². The Hall–Kier alpha value is -0.920. The Kier molecular flexibility index (Phi) is 4.33. The van der Waals surface area contributed by atoms with Crippen LogP contribution in [0.25, 0.3) is 10.9 Å². The van der Waals surface area contributed by atoms with Gasteiger partial charge in [0, 0.05) is 23.4 Å². The molecule has 2 heterocycles. The number of benzene rings is 1. The second-order valence-corrected chi connectivity index (χ2v) is 6.79. The van der Waals surface area contributed by atoms with Gasteiger partial charge in [-0.1, -0.05) is 6.42 Å². The van der Waals surface area contributed by atoms with Crippen LogP contribution in [0.2, 0.25) is 0 Å². The molecule has 1 aromatic carbocycles. The minimum atomic E-state index is -0.0127. The zero-order valence-corrected chi connectivity index (χ0v) is 14.0. The number of rotatable bonds is 1. The molecule has 2 aromatic rings. The topological polar surface area (TPSA) is 17.0 Å². The predicted molar refractivity (Wildman–Crippen MR) is 91.1 cm³/mol. The fraction of sp³-hybridized carbons (Fsp3) is 0.529. The van der Waals surface area contributed by atoms with Crippen molar-refractivity contribution in [3.8, 4) is 0 Å². The Morgan fingerprint density at radius 1 is 1.29 bits per heavy atom. The number of aromatic nitrogens is 1. The lowest BCUT2D eigenvalue weighted by Crippen LogP contribution is -2.11. The van der Waals surface area contributed by atoms with Gasteiger partial charge >= 0.3 is 0 Å². The lowest BCUT2D eigenvalue weighted by Gasteiger charge is -2.25. The first-order chi connectivity index (χ1) is 10.2. The summed E-state index contributed by atoms with van der Waals surface area (Å²) in [6.07, 6.45) is 8.25. The summed E-state index contributed by atoms with van der Waals surface area (Å²) in [6.45, 7) is 1.05. The first kappa shape index (κ1) is 15.0. The van der Waals surface area contributed by atoms with Crippen LogP contribution in [0.3, 0.4) is 0 Å². The molecule has 4 rings (SSSR count). The fourth-order valence-electron chi connectivity index (χ4n) is 3.45. The van der Waals surface area contributed by atoms with Gasteiger partial charge in [-0.05, 0) is 62.9 Å². The number of hydrogen-bond donors (Lipinski definition) is 1. The van der Waals surface area contributed by atoms with Crippen LogP contribution >= 0.6 is 9.24 Å². The lowest BCUT2D eigenvalue weighted by molar-refractivity contribution is 0.420. The molecule has 1 N–H and O–H groups in total. The summed E-state index contributed by atoms with van der Waals surface area (Å²) in [5.41, 5.74) is 3.77. The highest BCUT2D eigenvalue weighted by molar-refractivity contribution is 7.27. The first-order valence-electron chi connectivity index (χ1n) is 7.85. The Balaban J connectivity index is 0.000000409. The van der Waals surface area contributed by atoms with Crippen molar-refractivity contribution in [1.82, 2.24) is 9.88 Å². The minimum absolute atomic E-state index is 0.0127. The third-order valence-electron chi connectivity index (χ3n) is 4.60. The Labute approximate surface area is 128 Å². The van der Waals surface area contributed by atoms with Crippen LogP contribution < -0.4 is 10.6 Å². The summed E-state index contributed by atoms with van der Waals surface area (Å²) < 4.78 is 16.8. The van der Waals surface area contributed by atoms with Crippen molar-refractivity contribution in [1.29, 1.82) is 0 Å². The van der Waals surface area contributed by atoms with Crippen molar-refractivity contribution < 1.29 is 4.39 Å². The molecule has 0 bridgehead atoms. The molecule has 2 aliphatic rings. The van der Waals surface area contributed by atoms with Crippen molar-refractivity contribution in [2.75, 3.05) is 14.1 Å². The van der Waals surface area contributed by atoms with E-state index in [4.69, 9.17) is 0 Å². The average molecular weight is 306 g/mol. The molecule has 0 amide bonds. The summed E-state index contributed by atoms with van der Waals surface area (Å²) >= 11 is 0. The van der Waals surface area contributed by atoms with E-state index in [0.29, 0.717) is 5.92 Å². The van der Waals surface area contributed by atoms with Crippen molar-refractivity contribution in [3.63, 3.8) is 0 Å². The largest absolute Gasteiger partial charge is 0.347 e. The molecular weight excluding hydrogens is 282 g/mol. The summed E-state index contributed by atoms with van der Waals surface area (Å²) in [7, 11) is 6.31. The SMILES string of the molecule is CNC.Fc1c(P)cc2c3c1c(C1CCC1)cn3CCC2. The molecule has 1 aliphatic heterocycles. The van der Waals surface area contributed by atoms with Gasteiger partial charge in [-0.25, -0.2) is 4.39 Å². The highest BCUT2D eigenvalue weighted by Crippen LogP contribution is 2.42. The third kappa shape index (κ3) is 2.51. The van der Waals surface area contributed by atoms with Crippen LogP contribution in [0.15, 0.2) is 12.3 Å². The quantitative estimate of drug-likeness (QED) is 0.800. The highest BCUT2D eigenvalue weighted by Gasteiger charge is 2.28. The molecule has 2 nitrogen and oxygen atoms in total. The Morgan fingerprint density at radius 3 is 2.62 bits per heavy atom. The van der Waals surface area contributed by atoms with Crippen LogP contribution in [-0.4, -0.2) is 18.7 Å². The Morgan fingerprint density at radius 2 is 2.00 bits per heavy atom. The van der Waals surface area contributed by atoms with Crippen LogP contribution in [0.4, 0.5) is 4.39 Å². The number of nitrogens with one attached hydrogen (secondary N) is 1. The van der Waals surface area contributed by atoms with E-state index in [1.54, 1.807) is 0 Å². The van der Waals surface area contributed by atoms with E-state index >= 15 is 0 Å². The van der Waals surface area contributed by atoms with Gasteiger partial charge in [-0.2, -0.15) is 0 Å². The second-order valence-electron chi connectivity index (χ2n) is 6.17. The molecule has 1 aromatic heterocycles. The molecule has 0 spiro atoms. The number of halogens is 1. The molecule has 1 atom stereocenters. The highest BCUT2D eigenvalue weighted by atomic mass is 31.0. The van der Waals surface area contributed by atoms with Crippen molar-refractivity contribution in [2.45, 2.75) is 44.6 Å². The van der Waals surface area contributed by atoms with Crippen molar-refractivity contribution >= 4 is 25.4 Å². The molecular formula is C17H24FN2P. The maximum Gasteiger partial charge on any atom is 0.140 e. The van der Waals surface area contributed by atoms with Crippen molar-refractivity contribution in [2.24, 2.45) is 0 Å². The van der Waals surface area contributed by atoms with Gasteiger partial charge in [-0.15, -0.1) is 9.24 Å².